The largest absolute Gasteiger partial charge is 0.370 e. The molecule has 4 nitrogen and oxygen atoms in total. The predicted molar refractivity (Wildman–Crippen MR) is 73.5 cm³/mol. The van der Waals surface area contributed by atoms with E-state index in [0.717, 1.165) is 34.7 Å². The van der Waals surface area contributed by atoms with E-state index in [1.54, 1.807) is 6.20 Å². The SMILES string of the molecule is CCNc1cccc(-c2ccnc3[nH]ccc23)n1. The van der Waals surface area contributed by atoms with Gasteiger partial charge >= 0.3 is 0 Å². The van der Waals surface area contributed by atoms with Crippen molar-refractivity contribution in [3.8, 4) is 11.3 Å². The summed E-state index contributed by atoms with van der Waals surface area (Å²) in [6.45, 7) is 2.93. The second kappa shape index (κ2) is 4.49. The fourth-order valence-electron chi connectivity index (χ4n) is 2.05. The molecule has 0 aliphatic rings. The highest BCUT2D eigenvalue weighted by Gasteiger charge is 2.06. The van der Waals surface area contributed by atoms with Crippen molar-refractivity contribution in [2.45, 2.75) is 6.92 Å². The Kier molecular flexibility index (Phi) is 2.68. The third-order valence-corrected chi connectivity index (χ3v) is 2.84. The van der Waals surface area contributed by atoms with E-state index in [9.17, 15) is 0 Å². The van der Waals surface area contributed by atoms with E-state index in [1.165, 1.54) is 0 Å². The van der Waals surface area contributed by atoms with E-state index >= 15 is 0 Å². The Balaban J connectivity index is 2.13. The minimum absolute atomic E-state index is 0.867. The maximum absolute atomic E-state index is 4.61. The number of H-pyrrole nitrogens is 1. The van der Waals surface area contributed by atoms with Crippen molar-refractivity contribution in [1.82, 2.24) is 15.0 Å². The average Bonchev–Trinajstić information content (AvgIpc) is 2.87. The van der Waals surface area contributed by atoms with Crippen LogP contribution in [0.1, 0.15) is 6.92 Å². The topological polar surface area (TPSA) is 53.6 Å². The van der Waals surface area contributed by atoms with Crippen LogP contribution >= 0.6 is 0 Å². The van der Waals surface area contributed by atoms with Gasteiger partial charge in [-0.25, -0.2) is 9.97 Å². The van der Waals surface area contributed by atoms with Crippen LogP contribution in [0, 0.1) is 0 Å². The first-order chi connectivity index (χ1) is 8.88. The molecule has 0 atom stereocenters. The summed E-state index contributed by atoms with van der Waals surface area (Å²) < 4.78 is 0. The summed E-state index contributed by atoms with van der Waals surface area (Å²) in [5, 5.41) is 4.32. The Morgan fingerprint density at radius 3 is 3.06 bits per heavy atom. The summed E-state index contributed by atoms with van der Waals surface area (Å²) in [5.41, 5.74) is 2.95. The normalized spacial score (nSPS) is 10.7. The summed E-state index contributed by atoms with van der Waals surface area (Å²) >= 11 is 0. The highest BCUT2D eigenvalue weighted by atomic mass is 15.0. The zero-order valence-electron chi connectivity index (χ0n) is 10.1. The Bertz CT molecular complexity index is 672. The van der Waals surface area contributed by atoms with Gasteiger partial charge in [0.25, 0.3) is 0 Å². The molecule has 0 aliphatic carbocycles. The third-order valence-electron chi connectivity index (χ3n) is 2.84. The van der Waals surface area contributed by atoms with Crippen molar-refractivity contribution in [1.29, 1.82) is 0 Å². The molecule has 90 valence electrons. The van der Waals surface area contributed by atoms with Crippen molar-refractivity contribution < 1.29 is 0 Å². The van der Waals surface area contributed by atoms with Gasteiger partial charge in [-0.05, 0) is 31.2 Å². The predicted octanol–water partition coefficient (Wildman–Crippen LogP) is 3.06. The molecule has 3 aromatic heterocycles. The van der Waals surface area contributed by atoms with Crippen molar-refractivity contribution in [2.75, 3.05) is 11.9 Å². The molecule has 0 aliphatic heterocycles. The van der Waals surface area contributed by atoms with Gasteiger partial charge in [-0.2, -0.15) is 0 Å². The van der Waals surface area contributed by atoms with E-state index in [2.05, 4.69) is 27.2 Å². The molecule has 18 heavy (non-hydrogen) atoms. The lowest BCUT2D eigenvalue weighted by Crippen LogP contribution is -1.99. The van der Waals surface area contributed by atoms with Gasteiger partial charge in [-0.3, -0.25) is 0 Å². The molecule has 0 spiro atoms. The zero-order chi connectivity index (χ0) is 12.4. The average molecular weight is 238 g/mol. The third kappa shape index (κ3) is 1.82. The maximum Gasteiger partial charge on any atom is 0.137 e. The monoisotopic (exact) mass is 238 g/mol. The number of fused-ring (bicyclic) bond motifs is 1. The van der Waals surface area contributed by atoms with Gasteiger partial charge in [0.2, 0.25) is 0 Å². The molecule has 0 amide bonds. The van der Waals surface area contributed by atoms with E-state index < -0.39 is 0 Å². The quantitative estimate of drug-likeness (QED) is 0.737. The van der Waals surface area contributed by atoms with Crippen LogP contribution in [0.25, 0.3) is 22.3 Å². The number of rotatable bonds is 3. The van der Waals surface area contributed by atoms with Crippen molar-refractivity contribution in [3.05, 3.63) is 42.7 Å². The zero-order valence-corrected chi connectivity index (χ0v) is 10.1. The van der Waals surface area contributed by atoms with Crippen molar-refractivity contribution >= 4 is 16.9 Å². The maximum atomic E-state index is 4.61. The van der Waals surface area contributed by atoms with Crippen LogP contribution in [0.2, 0.25) is 0 Å². The van der Waals surface area contributed by atoms with E-state index in [4.69, 9.17) is 0 Å². The van der Waals surface area contributed by atoms with Gasteiger partial charge < -0.3 is 10.3 Å². The molecule has 3 aromatic rings. The first-order valence-electron chi connectivity index (χ1n) is 6.02. The number of hydrogen-bond donors (Lipinski definition) is 2. The summed E-state index contributed by atoms with van der Waals surface area (Å²) in [6.07, 6.45) is 3.70. The van der Waals surface area contributed by atoms with Gasteiger partial charge in [-0.15, -0.1) is 0 Å². The van der Waals surface area contributed by atoms with Crippen LogP contribution in [0.4, 0.5) is 5.82 Å². The van der Waals surface area contributed by atoms with Gasteiger partial charge in [-0.1, -0.05) is 6.07 Å². The Hall–Kier alpha value is -2.36. The minimum atomic E-state index is 0.867. The Morgan fingerprint density at radius 1 is 1.22 bits per heavy atom. The van der Waals surface area contributed by atoms with E-state index in [0.29, 0.717) is 0 Å². The number of aromatic amines is 1. The van der Waals surface area contributed by atoms with Crippen LogP contribution in [-0.2, 0) is 0 Å². The lowest BCUT2D eigenvalue weighted by Gasteiger charge is -2.06. The second-order valence-corrected chi connectivity index (χ2v) is 4.04. The van der Waals surface area contributed by atoms with Crippen LogP contribution in [-0.4, -0.2) is 21.5 Å². The highest BCUT2D eigenvalue weighted by Crippen LogP contribution is 2.26. The van der Waals surface area contributed by atoms with Gasteiger partial charge in [0.05, 0.1) is 5.69 Å². The molecule has 0 aromatic carbocycles. The standard InChI is InChI=1S/C14H14N4/c1-2-15-13-5-3-4-12(18-13)10-6-8-16-14-11(10)7-9-17-14/h3-9H,2H2,1H3,(H,15,18)(H,16,17). The fraction of sp³-hybridized carbons (Fsp3) is 0.143. The molecule has 0 fully saturated rings. The van der Waals surface area contributed by atoms with Crippen LogP contribution < -0.4 is 5.32 Å². The number of aromatic nitrogens is 3. The minimum Gasteiger partial charge on any atom is -0.370 e. The molecule has 2 N–H and O–H groups in total. The molecule has 0 bridgehead atoms. The number of anilines is 1. The van der Waals surface area contributed by atoms with Crippen LogP contribution in [0.3, 0.4) is 0 Å². The van der Waals surface area contributed by atoms with Crippen molar-refractivity contribution in [3.63, 3.8) is 0 Å². The molecule has 0 saturated heterocycles. The Morgan fingerprint density at radius 2 is 2.17 bits per heavy atom. The summed E-state index contributed by atoms with van der Waals surface area (Å²) in [6, 6.07) is 10.0. The lowest BCUT2D eigenvalue weighted by molar-refractivity contribution is 1.16. The van der Waals surface area contributed by atoms with Crippen LogP contribution in [0.5, 0.6) is 0 Å². The van der Waals surface area contributed by atoms with Gasteiger partial charge in [0, 0.05) is 29.9 Å². The number of nitrogens with one attached hydrogen (secondary N) is 2. The van der Waals surface area contributed by atoms with E-state index in [-0.39, 0.29) is 0 Å². The summed E-state index contributed by atoms with van der Waals surface area (Å²) in [5.74, 6) is 0.899. The number of pyridine rings is 2. The fourth-order valence-corrected chi connectivity index (χ4v) is 2.05. The molecule has 3 rings (SSSR count). The molecule has 0 unspecified atom stereocenters. The summed E-state index contributed by atoms with van der Waals surface area (Å²) in [4.78, 5) is 12.0. The molecule has 0 radical (unpaired) electrons. The first-order valence-corrected chi connectivity index (χ1v) is 6.02. The molecular formula is C14H14N4. The van der Waals surface area contributed by atoms with Gasteiger partial charge in [0.1, 0.15) is 11.5 Å². The van der Waals surface area contributed by atoms with E-state index in [1.807, 2.05) is 36.5 Å². The first kappa shape index (κ1) is 10.8. The number of nitrogens with zero attached hydrogens (tertiary/aromatic N) is 2. The van der Waals surface area contributed by atoms with Gasteiger partial charge in [0.15, 0.2) is 0 Å². The lowest BCUT2D eigenvalue weighted by atomic mass is 10.1. The number of hydrogen-bond acceptors (Lipinski definition) is 3. The molecule has 0 saturated carbocycles. The van der Waals surface area contributed by atoms with Crippen molar-refractivity contribution in [2.24, 2.45) is 0 Å². The highest BCUT2D eigenvalue weighted by molar-refractivity contribution is 5.91. The van der Waals surface area contributed by atoms with Crippen LogP contribution in [0.15, 0.2) is 42.7 Å². The Labute approximate surface area is 105 Å². The molecular weight excluding hydrogens is 224 g/mol. The smallest absolute Gasteiger partial charge is 0.137 e. The molecule has 4 heteroatoms. The molecule has 3 heterocycles. The second-order valence-electron chi connectivity index (χ2n) is 4.04. The summed E-state index contributed by atoms with van der Waals surface area (Å²) in [7, 11) is 0.